The van der Waals surface area contributed by atoms with Crippen LogP contribution in [0.15, 0.2) is 48.5 Å². The third-order valence-electron chi connectivity index (χ3n) is 5.16. The van der Waals surface area contributed by atoms with Gasteiger partial charge < -0.3 is 9.88 Å². The number of carbonyl (C=O) groups is 1. The fraction of sp³-hybridized carbons (Fsp3) is 0.286. The molecule has 5 nitrogen and oxygen atoms in total. The Morgan fingerprint density at radius 1 is 1.22 bits per heavy atom. The zero-order chi connectivity index (χ0) is 19.0. The first-order valence-corrected chi connectivity index (χ1v) is 9.23. The number of hydrogen-bond donors (Lipinski definition) is 3. The second-order valence-corrected chi connectivity index (χ2v) is 6.94. The standard InChI is InChI=1S/C21H23FN4O/c1-3-26-18-7-5-4-6-14(18)11-19(26)17-12-20(25-24-17)23-21(27)15-9-8-13(2)16(22)10-15/h4-11,17,20,24-25H,3,12H2,1-2H3,(H,23,27). The van der Waals surface area contributed by atoms with Crippen molar-refractivity contribution in [2.45, 2.75) is 39.0 Å². The van der Waals surface area contributed by atoms with Crippen LogP contribution in [0.4, 0.5) is 4.39 Å². The lowest BCUT2D eigenvalue weighted by Gasteiger charge is -2.14. The van der Waals surface area contributed by atoms with Crippen LogP contribution in [0.2, 0.25) is 0 Å². The number of rotatable bonds is 4. The predicted molar refractivity (Wildman–Crippen MR) is 104 cm³/mol. The number of nitrogens with zero attached hydrogens (tertiary/aromatic N) is 1. The molecule has 2 aromatic carbocycles. The van der Waals surface area contributed by atoms with Gasteiger partial charge in [0.05, 0.1) is 12.2 Å². The lowest BCUT2D eigenvalue weighted by atomic mass is 10.1. The predicted octanol–water partition coefficient (Wildman–Crippen LogP) is 3.40. The SMILES string of the molecule is CCn1c(C2CC(NC(=O)c3ccc(C)c(F)c3)NN2)cc2ccccc21. The Morgan fingerprint density at radius 3 is 2.81 bits per heavy atom. The van der Waals surface area contributed by atoms with E-state index in [-0.39, 0.29) is 23.9 Å². The molecule has 0 spiro atoms. The monoisotopic (exact) mass is 366 g/mol. The second-order valence-electron chi connectivity index (χ2n) is 6.94. The van der Waals surface area contributed by atoms with Gasteiger partial charge in [-0.05, 0) is 49.1 Å². The Kier molecular flexibility index (Phi) is 4.68. The van der Waals surface area contributed by atoms with Gasteiger partial charge in [0, 0.05) is 29.7 Å². The first-order valence-electron chi connectivity index (χ1n) is 9.23. The van der Waals surface area contributed by atoms with Crippen LogP contribution in [-0.2, 0) is 6.54 Å². The topological polar surface area (TPSA) is 58.1 Å². The van der Waals surface area contributed by atoms with Crippen molar-refractivity contribution < 1.29 is 9.18 Å². The zero-order valence-electron chi connectivity index (χ0n) is 15.4. The number of hydrogen-bond acceptors (Lipinski definition) is 3. The van der Waals surface area contributed by atoms with Gasteiger partial charge in [0.15, 0.2) is 0 Å². The van der Waals surface area contributed by atoms with Crippen LogP contribution < -0.4 is 16.2 Å². The summed E-state index contributed by atoms with van der Waals surface area (Å²) in [7, 11) is 0. The van der Waals surface area contributed by atoms with Gasteiger partial charge in [0.2, 0.25) is 0 Å². The second kappa shape index (κ2) is 7.13. The van der Waals surface area contributed by atoms with E-state index in [4.69, 9.17) is 0 Å². The molecule has 1 aliphatic rings. The summed E-state index contributed by atoms with van der Waals surface area (Å²) in [5.41, 5.74) is 9.66. The minimum absolute atomic E-state index is 0.0809. The molecule has 3 N–H and O–H groups in total. The van der Waals surface area contributed by atoms with E-state index in [1.165, 1.54) is 22.7 Å². The van der Waals surface area contributed by atoms with Crippen LogP contribution in [0.25, 0.3) is 10.9 Å². The van der Waals surface area contributed by atoms with Crippen LogP contribution in [-0.4, -0.2) is 16.6 Å². The average Bonchev–Trinajstić information content (AvgIpc) is 3.27. The fourth-order valence-electron chi connectivity index (χ4n) is 3.69. The van der Waals surface area contributed by atoms with E-state index >= 15 is 0 Å². The van der Waals surface area contributed by atoms with Gasteiger partial charge in [0.25, 0.3) is 5.91 Å². The van der Waals surface area contributed by atoms with E-state index in [1.54, 1.807) is 19.1 Å². The summed E-state index contributed by atoms with van der Waals surface area (Å²) in [4.78, 5) is 12.4. The molecule has 2 heterocycles. The van der Waals surface area contributed by atoms with Gasteiger partial charge in [-0.2, -0.15) is 0 Å². The fourth-order valence-corrected chi connectivity index (χ4v) is 3.69. The average molecular weight is 366 g/mol. The van der Waals surface area contributed by atoms with Crippen molar-refractivity contribution in [1.29, 1.82) is 0 Å². The molecule has 0 radical (unpaired) electrons. The Bertz CT molecular complexity index is 997. The van der Waals surface area contributed by atoms with E-state index in [9.17, 15) is 9.18 Å². The lowest BCUT2D eigenvalue weighted by molar-refractivity contribution is 0.0932. The molecule has 1 saturated heterocycles. The van der Waals surface area contributed by atoms with Crippen LogP contribution in [0.3, 0.4) is 0 Å². The molecule has 0 bridgehead atoms. The Labute approximate surface area is 157 Å². The molecular formula is C21H23FN4O. The first-order chi connectivity index (χ1) is 13.1. The summed E-state index contributed by atoms with van der Waals surface area (Å²) < 4.78 is 16.0. The number of aryl methyl sites for hydroxylation is 2. The summed E-state index contributed by atoms with van der Waals surface area (Å²) in [6.45, 7) is 4.68. The van der Waals surface area contributed by atoms with E-state index in [0.717, 1.165) is 6.54 Å². The molecule has 1 fully saturated rings. The number of fused-ring (bicyclic) bond motifs is 1. The number of para-hydroxylation sites is 1. The highest BCUT2D eigenvalue weighted by Gasteiger charge is 2.29. The third kappa shape index (κ3) is 3.34. The van der Waals surface area contributed by atoms with Crippen molar-refractivity contribution >= 4 is 16.8 Å². The Morgan fingerprint density at radius 2 is 2.04 bits per heavy atom. The minimum atomic E-state index is -0.370. The molecule has 0 aliphatic carbocycles. The number of benzene rings is 2. The molecule has 0 saturated carbocycles. The molecule has 1 aromatic heterocycles. The van der Waals surface area contributed by atoms with Crippen molar-refractivity contribution in [3.05, 3.63) is 71.2 Å². The van der Waals surface area contributed by atoms with Gasteiger partial charge in [-0.1, -0.05) is 24.3 Å². The molecule has 27 heavy (non-hydrogen) atoms. The summed E-state index contributed by atoms with van der Waals surface area (Å²) in [6.07, 6.45) is 0.478. The molecule has 3 aromatic rings. The van der Waals surface area contributed by atoms with E-state index in [2.05, 4.69) is 45.9 Å². The molecule has 2 atom stereocenters. The molecule has 6 heteroatoms. The van der Waals surface area contributed by atoms with Gasteiger partial charge in [-0.25, -0.2) is 15.2 Å². The molecule has 140 valence electrons. The van der Waals surface area contributed by atoms with Crippen LogP contribution in [0.5, 0.6) is 0 Å². The summed E-state index contributed by atoms with van der Waals surface area (Å²) in [6, 6.07) is 15.1. The van der Waals surface area contributed by atoms with Gasteiger partial charge in [-0.15, -0.1) is 0 Å². The summed E-state index contributed by atoms with van der Waals surface area (Å²) in [5, 5.41) is 4.13. The molecular weight excluding hydrogens is 343 g/mol. The van der Waals surface area contributed by atoms with Crippen molar-refractivity contribution in [2.24, 2.45) is 0 Å². The number of amides is 1. The van der Waals surface area contributed by atoms with Gasteiger partial charge in [-0.3, -0.25) is 4.79 Å². The van der Waals surface area contributed by atoms with Crippen LogP contribution in [0.1, 0.15) is 41.0 Å². The van der Waals surface area contributed by atoms with Crippen molar-refractivity contribution in [3.8, 4) is 0 Å². The smallest absolute Gasteiger partial charge is 0.252 e. The lowest BCUT2D eigenvalue weighted by Crippen LogP contribution is -2.44. The molecule has 2 unspecified atom stereocenters. The molecule has 4 rings (SSSR count). The third-order valence-corrected chi connectivity index (χ3v) is 5.16. The quantitative estimate of drug-likeness (QED) is 0.663. The van der Waals surface area contributed by atoms with Crippen LogP contribution >= 0.6 is 0 Å². The van der Waals surface area contributed by atoms with Gasteiger partial charge in [0.1, 0.15) is 5.82 Å². The highest BCUT2D eigenvalue weighted by Crippen LogP contribution is 2.28. The first kappa shape index (κ1) is 17.7. The number of hydrazine groups is 1. The number of nitrogens with one attached hydrogen (secondary N) is 3. The van der Waals surface area contributed by atoms with E-state index in [1.807, 2.05) is 12.1 Å². The number of aromatic nitrogens is 1. The highest BCUT2D eigenvalue weighted by molar-refractivity contribution is 5.94. The normalized spacial score (nSPS) is 19.5. The maximum absolute atomic E-state index is 13.7. The number of halogens is 1. The highest BCUT2D eigenvalue weighted by atomic mass is 19.1. The van der Waals surface area contributed by atoms with Crippen molar-refractivity contribution in [1.82, 2.24) is 20.7 Å². The zero-order valence-corrected chi connectivity index (χ0v) is 15.4. The van der Waals surface area contributed by atoms with Gasteiger partial charge >= 0.3 is 0 Å². The van der Waals surface area contributed by atoms with Crippen LogP contribution in [0, 0.1) is 12.7 Å². The Hall–Kier alpha value is -2.70. The summed E-state index contributed by atoms with van der Waals surface area (Å²) >= 11 is 0. The summed E-state index contributed by atoms with van der Waals surface area (Å²) in [5.74, 6) is -0.657. The van der Waals surface area contributed by atoms with E-state index in [0.29, 0.717) is 17.5 Å². The maximum atomic E-state index is 13.7. The molecule has 1 aliphatic heterocycles. The molecule has 1 amide bonds. The number of carbonyl (C=O) groups excluding carboxylic acids is 1. The van der Waals surface area contributed by atoms with Crippen molar-refractivity contribution in [3.63, 3.8) is 0 Å². The maximum Gasteiger partial charge on any atom is 0.252 e. The Balaban J connectivity index is 1.49. The van der Waals surface area contributed by atoms with Crippen molar-refractivity contribution in [2.75, 3.05) is 0 Å². The minimum Gasteiger partial charge on any atom is -0.343 e. The van der Waals surface area contributed by atoms with E-state index < -0.39 is 0 Å². The largest absolute Gasteiger partial charge is 0.343 e.